The van der Waals surface area contributed by atoms with E-state index in [1.165, 1.54) is 29.0 Å². The minimum Gasteiger partial charge on any atom is -0.483 e. The molecule has 2 aromatic rings. The molecule has 2 rings (SSSR count). The zero-order valence-electron chi connectivity index (χ0n) is 11.7. The maximum absolute atomic E-state index is 11.6. The van der Waals surface area contributed by atoms with Gasteiger partial charge in [0, 0.05) is 6.07 Å². The van der Waals surface area contributed by atoms with Gasteiger partial charge in [-0.05, 0) is 18.6 Å². The van der Waals surface area contributed by atoms with E-state index in [0.29, 0.717) is 10.6 Å². The van der Waals surface area contributed by atoms with Gasteiger partial charge in [-0.2, -0.15) is 5.10 Å². The van der Waals surface area contributed by atoms with E-state index in [1.807, 2.05) is 25.1 Å². The van der Waals surface area contributed by atoms with Gasteiger partial charge in [0.05, 0.1) is 21.4 Å². The summed E-state index contributed by atoms with van der Waals surface area (Å²) >= 11 is 1.17. The molecular formula is C14H13N3O4S. The first kappa shape index (κ1) is 15.6. The summed E-state index contributed by atoms with van der Waals surface area (Å²) < 4.78 is 5.36. The van der Waals surface area contributed by atoms with Crippen molar-refractivity contribution in [1.29, 1.82) is 0 Å². The second kappa shape index (κ2) is 7.32. The van der Waals surface area contributed by atoms with E-state index < -0.39 is 10.8 Å². The van der Waals surface area contributed by atoms with Crippen molar-refractivity contribution in [2.75, 3.05) is 6.61 Å². The van der Waals surface area contributed by atoms with Crippen LogP contribution in [0.25, 0.3) is 0 Å². The van der Waals surface area contributed by atoms with E-state index >= 15 is 0 Å². The second-order valence-corrected chi connectivity index (χ2v) is 5.25. The summed E-state index contributed by atoms with van der Waals surface area (Å²) in [4.78, 5) is 22.2. The lowest BCUT2D eigenvalue weighted by Gasteiger charge is -2.07. The van der Waals surface area contributed by atoms with Crippen LogP contribution in [0, 0.1) is 17.0 Å². The molecule has 1 N–H and O–H groups in total. The molecule has 1 heterocycles. The first-order valence-electron chi connectivity index (χ1n) is 6.29. The van der Waals surface area contributed by atoms with Crippen molar-refractivity contribution in [3.8, 4) is 5.75 Å². The van der Waals surface area contributed by atoms with E-state index in [9.17, 15) is 14.9 Å². The molecule has 7 nitrogen and oxygen atoms in total. The average Bonchev–Trinajstić information content (AvgIpc) is 2.95. The summed E-state index contributed by atoms with van der Waals surface area (Å²) in [5.74, 6) is 0.223. The van der Waals surface area contributed by atoms with Crippen LogP contribution in [0.1, 0.15) is 10.4 Å². The van der Waals surface area contributed by atoms with Gasteiger partial charge in [-0.15, -0.1) is 11.3 Å². The van der Waals surface area contributed by atoms with Crippen LogP contribution in [0.4, 0.5) is 5.69 Å². The van der Waals surface area contributed by atoms with Crippen LogP contribution >= 0.6 is 11.3 Å². The Morgan fingerprint density at radius 2 is 2.27 bits per heavy atom. The molecule has 0 aliphatic heterocycles. The molecule has 8 heteroatoms. The van der Waals surface area contributed by atoms with Crippen LogP contribution in [-0.2, 0) is 4.79 Å². The predicted octanol–water partition coefficient (Wildman–Crippen LogP) is 2.49. The van der Waals surface area contributed by atoms with Gasteiger partial charge in [0.2, 0.25) is 0 Å². The number of aryl methyl sites for hydroxylation is 1. The largest absolute Gasteiger partial charge is 0.483 e. The maximum Gasteiger partial charge on any atom is 0.280 e. The number of para-hydroxylation sites is 1. The molecule has 0 spiro atoms. The molecule has 0 fully saturated rings. The topological polar surface area (TPSA) is 93.8 Å². The zero-order valence-corrected chi connectivity index (χ0v) is 12.5. The van der Waals surface area contributed by atoms with E-state index in [4.69, 9.17) is 4.74 Å². The highest BCUT2D eigenvalue weighted by molar-refractivity contribution is 7.12. The van der Waals surface area contributed by atoms with Crippen LogP contribution < -0.4 is 10.2 Å². The number of hydrazone groups is 1. The molecule has 0 aliphatic rings. The predicted molar refractivity (Wildman–Crippen MR) is 83.4 cm³/mol. The maximum atomic E-state index is 11.6. The number of rotatable bonds is 6. The van der Waals surface area contributed by atoms with E-state index in [1.54, 1.807) is 6.07 Å². The van der Waals surface area contributed by atoms with E-state index in [0.717, 1.165) is 5.56 Å². The summed E-state index contributed by atoms with van der Waals surface area (Å²) in [5.41, 5.74) is 3.24. The van der Waals surface area contributed by atoms with Crippen molar-refractivity contribution in [1.82, 2.24) is 5.43 Å². The Hall–Kier alpha value is -2.74. The summed E-state index contributed by atoms with van der Waals surface area (Å²) in [6.45, 7) is 1.72. The van der Waals surface area contributed by atoms with Gasteiger partial charge < -0.3 is 4.74 Å². The normalized spacial score (nSPS) is 10.6. The second-order valence-electron chi connectivity index (χ2n) is 4.31. The van der Waals surface area contributed by atoms with Crippen molar-refractivity contribution in [2.45, 2.75) is 6.92 Å². The fourth-order valence-corrected chi connectivity index (χ4v) is 2.28. The van der Waals surface area contributed by atoms with Gasteiger partial charge in [-0.1, -0.05) is 18.2 Å². The third kappa shape index (κ3) is 4.38. The van der Waals surface area contributed by atoms with Crippen molar-refractivity contribution < 1.29 is 14.5 Å². The molecule has 1 aromatic heterocycles. The number of carbonyl (C=O) groups excluding carboxylic acids is 1. The van der Waals surface area contributed by atoms with Crippen molar-refractivity contribution >= 4 is 29.1 Å². The molecule has 114 valence electrons. The first-order valence-corrected chi connectivity index (χ1v) is 7.17. The lowest BCUT2D eigenvalue weighted by molar-refractivity contribution is -0.384. The number of hydrogen-bond donors (Lipinski definition) is 1. The van der Waals surface area contributed by atoms with Gasteiger partial charge in [0.25, 0.3) is 11.6 Å². The monoisotopic (exact) mass is 319 g/mol. The number of nitrogens with zero attached hydrogens (tertiary/aromatic N) is 2. The summed E-state index contributed by atoms with van der Waals surface area (Å²) in [7, 11) is 0. The fourth-order valence-electron chi connectivity index (χ4n) is 1.57. The molecule has 0 bridgehead atoms. The molecule has 0 radical (unpaired) electrons. The molecule has 0 aliphatic carbocycles. The minimum atomic E-state index is -0.484. The van der Waals surface area contributed by atoms with Crippen molar-refractivity contribution in [3.05, 3.63) is 56.3 Å². The van der Waals surface area contributed by atoms with Gasteiger partial charge in [0.1, 0.15) is 5.75 Å². The number of amides is 1. The highest BCUT2D eigenvalue weighted by Gasteiger charge is 2.08. The summed E-state index contributed by atoms with van der Waals surface area (Å²) in [6, 6.07) is 8.74. The first-order chi connectivity index (χ1) is 10.6. The molecule has 1 amide bonds. The van der Waals surface area contributed by atoms with Gasteiger partial charge >= 0.3 is 0 Å². The van der Waals surface area contributed by atoms with Crippen molar-refractivity contribution in [3.63, 3.8) is 0 Å². The van der Waals surface area contributed by atoms with Gasteiger partial charge in [-0.25, -0.2) is 5.43 Å². The van der Waals surface area contributed by atoms with Gasteiger partial charge in [-0.3, -0.25) is 14.9 Å². The number of benzene rings is 1. The molecule has 0 saturated carbocycles. The molecule has 22 heavy (non-hydrogen) atoms. The Kier molecular flexibility index (Phi) is 5.21. The zero-order chi connectivity index (χ0) is 15.9. The number of thiophene rings is 1. The number of ether oxygens (including phenoxy) is 1. The lowest BCUT2D eigenvalue weighted by atomic mass is 10.2. The fraction of sp³-hybridized carbons (Fsp3) is 0.143. The molecule has 0 atom stereocenters. The van der Waals surface area contributed by atoms with Crippen LogP contribution in [0.5, 0.6) is 5.75 Å². The Labute approximate surface area is 130 Å². The van der Waals surface area contributed by atoms with E-state index in [-0.39, 0.29) is 12.3 Å². The number of nitro groups is 1. The SMILES string of the molecule is Cc1ccccc1OCC(=O)N/N=C/c1cc([N+](=O)[O-])cs1. The van der Waals surface area contributed by atoms with Crippen molar-refractivity contribution in [2.24, 2.45) is 5.10 Å². The Balaban J connectivity index is 1.81. The molecular weight excluding hydrogens is 306 g/mol. The summed E-state index contributed by atoms with van der Waals surface area (Å²) in [6.07, 6.45) is 1.35. The number of nitrogens with one attached hydrogen (secondary N) is 1. The molecule has 1 aromatic carbocycles. The number of carbonyl (C=O) groups is 1. The highest BCUT2D eigenvalue weighted by atomic mass is 32.1. The molecule has 0 unspecified atom stereocenters. The standard InChI is InChI=1S/C14H13N3O4S/c1-10-4-2-3-5-13(10)21-8-14(18)16-15-7-12-6-11(9-22-12)17(19)20/h2-7,9H,8H2,1H3,(H,16,18)/b15-7+. The average molecular weight is 319 g/mol. The molecule has 0 saturated heterocycles. The Morgan fingerprint density at radius 1 is 1.50 bits per heavy atom. The summed E-state index contributed by atoms with van der Waals surface area (Å²) in [5, 5.41) is 15.7. The third-order valence-corrected chi connectivity index (χ3v) is 3.50. The number of hydrogen-bond acceptors (Lipinski definition) is 6. The minimum absolute atomic E-state index is 0.000614. The smallest absolute Gasteiger partial charge is 0.280 e. The quantitative estimate of drug-likeness (QED) is 0.503. The lowest BCUT2D eigenvalue weighted by Crippen LogP contribution is -2.24. The highest BCUT2D eigenvalue weighted by Crippen LogP contribution is 2.19. The Bertz CT molecular complexity index is 712. The van der Waals surface area contributed by atoms with E-state index in [2.05, 4.69) is 10.5 Å². The van der Waals surface area contributed by atoms with Crippen LogP contribution in [0.15, 0.2) is 40.8 Å². The van der Waals surface area contributed by atoms with Gasteiger partial charge in [0.15, 0.2) is 6.61 Å². The van der Waals surface area contributed by atoms with Crippen LogP contribution in [0.3, 0.4) is 0 Å². The Morgan fingerprint density at radius 3 is 2.95 bits per heavy atom. The van der Waals surface area contributed by atoms with Crippen LogP contribution in [0.2, 0.25) is 0 Å². The van der Waals surface area contributed by atoms with Crippen LogP contribution in [-0.4, -0.2) is 23.7 Å². The third-order valence-electron chi connectivity index (χ3n) is 2.65.